The molecule has 0 aliphatic heterocycles. The largest absolute Gasteiger partial charge is 0.103 e. The molecular formula is C15H28. The molecule has 0 amide bonds. The molecule has 0 radical (unpaired) electrons. The second-order valence-electron chi connectivity index (χ2n) is 4.38. The Balaban J connectivity index is 3.52. The van der Waals surface area contributed by atoms with E-state index in [0.717, 1.165) is 6.42 Å². The zero-order valence-electron chi connectivity index (χ0n) is 10.9. The van der Waals surface area contributed by atoms with E-state index in [-0.39, 0.29) is 0 Å². The third-order valence-corrected chi connectivity index (χ3v) is 2.86. The van der Waals surface area contributed by atoms with Crippen LogP contribution in [-0.4, -0.2) is 0 Å². The SMILES string of the molecule is CCCCCCC#CC(CC)CCCC. The van der Waals surface area contributed by atoms with Crippen LogP contribution in [0.25, 0.3) is 0 Å². The number of hydrogen-bond acceptors (Lipinski definition) is 0. The molecule has 0 saturated heterocycles. The molecule has 0 aliphatic rings. The molecule has 0 aromatic rings. The molecule has 0 aliphatic carbocycles. The molecule has 0 aromatic heterocycles. The topological polar surface area (TPSA) is 0 Å². The van der Waals surface area contributed by atoms with Crippen LogP contribution in [-0.2, 0) is 0 Å². The van der Waals surface area contributed by atoms with Crippen molar-refractivity contribution in [2.75, 3.05) is 0 Å². The van der Waals surface area contributed by atoms with E-state index in [1.54, 1.807) is 0 Å². The second-order valence-corrected chi connectivity index (χ2v) is 4.38. The van der Waals surface area contributed by atoms with Gasteiger partial charge in [0, 0.05) is 12.3 Å². The van der Waals surface area contributed by atoms with E-state index in [4.69, 9.17) is 0 Å². The smallest absolute Gasteiger partial charge is 0.0200 e. The Morgan fingerprint density at radius 3 is 2.20 bits per heavy atom. The van der Waals surface area contributed by atoms with Gasteiger partial charge in [0.15, 0.2) is 0 Å². The van der Waals surface area contributed by atoms with Crippen LogP contribution in [0.4, 0.5) is 0 Å². The minimum absolute atomic E-state index is 0.663. The van der Waals surface area contributed by atoms with Crippen molar-refractivity contribution < 1.29 is 0 Å². The van der Waals surface area contributed by atoms with Crippen LogP contribution in [0.2, 0.25) is 0 Å². The summed E-state index contributed by atoms with van der Waals surface area (Å²) in [5.74, 6) is 7.45. The summed E-state index contributed by atoms with van der Waals surface area (Å²) in [4.78, 5) is 0. The average molecular weight is 208 g/mol. The molecule has 0 fully saturated rings. The third kappa shape index (κ3) is 9.85. The Kier molecular flexibility index (Phi) is 11.3. The molecule has 0 bridgehead atoms. The summed E-state index contributed by atoms with van der Waals surface area (Å²) in [6, 6.07) is 0. The van der Waals surface area contributed by atoms with Gasteiger partial charge in [-0.25, -0.2) is 0 Å². The van der Waals surface area contributed by atoms with Gasteiger partial charge in [0.2, 0.25) is 0 Å². The van der Waals surface area contributed by atoms with Crippen LogP contribution in [0.1, 0.15) is 78.6 Å². The molecule has 0 spiro atoms. The summed E-state index contributed by atoms with van der Waals surface area (Å²) in [7, 11) is 0. The summed E-state index contributed by atoms with van der Waals surface area (Å²) in [5, 5.41) is 0. The first-order valence-corrected chi connectivity index (χ1v) is 6.83. The Morgan fingerprint density at radius 1 is 0.867 bits per heavy atom. The first kappa shape index (κ1) is 14.6. The summed E-state index contributed by atoms with van der Waals surface area (Å²) < 4.78 is 0. The highest BCUT2D eigenvalue weighted by Crippen LogP contribution is 2.11. The van der Waals surface area contributed by atoms with Crippen LogP contribution < -0.4 is 0 Å². The normalized spacial score (nSPS) is 11.9. The average Bonchev–Trinajstić information content (AvgIpc) is 2.27. The summed E-state index contributed by atoms with van der Waals surface area (Å²) in [6.07, 6.45) is 11.6. The van der Waals surface area contributed by atoms with Gasteiger partial charge >= 0.3 is 0 Å². The van der Waals surface area contributed by atoms with Gasteiger partial charge in [0.25, 0.3) is 0 Å². The lowest BCUT2D eigenvalue weighted by Crippen LogP contribution is -1.94. The fraction of sp³-hybridized carbons (Fsp3) is 0.867. The van der Waals surface area contributed by atoms with E-state index in [1.807, 2.05) is 0 Å². The van der Waals surface area contributed by atoms with E-state index in [2.05, 4.69) is 32.6 Å². The first-order chi connectivity index (χ1) is 7.35. The molecule has 0 saturated carbocycles. The molecule has 0 heterocycles. The number of unbranched alkanes of at least 4 members (excludes halogenated alkanes) is 5. The predicted octanol–water partition coefficient (Wildman–Crippen LogP) is 5.18. The van der Waals surface area contributed by atoms with Crippen molar-refractivity contribution in [3.8, 4) is 11.8 Å². The minimum atomic E-state index is 0.663. The molecule has 0 N–H and O–H groups in total. The van der Waals surface area contributed by atoms with Gasteiger partial charge < -0.3 is 0 Å². The van der Waals surface area contributed by atoms with Gasteiger partial charge in [0.1, 0.15) is 0 Å². The molecule has 15 heavy (non-hydrogen) atoms. The minimum Gasteiger partial charge on any atom is -0.103 e. The maximum absolute atomic E-state index is 3.43. The fourth-order valence-electron chi connectivity index (χ4n) is 1.69. The highest BCUT2D eigenvalue weighted by Gasteiger charge is 1.99. The van der Waals surface area contributed by atoms with Gasteiger partial charge in [-0.05, 0) is 19.3 Å². The van der Waals surface area contributed by atoms with Crippen molar-refractivity contribution >= 4 is 0 Å². The summed E-state index contributed by atoms with van der Waals surface area (Å²) in [5.41, 5.74) is 0. The van der Waals surface area contributed by atoms with Crippen LogP contribution in [0, 0.1) is 17.8 Å². The van der Waals surface area contributed by atoms with E-state index in [9.17, 15) is 0 Å². The van der Waals surface area contributed by atoms with Crippen molar-refractivity contribution in [3.05, 3.63) is 0 Å². The molecule has 88 valence electrons. The highest BCUT2D eigenvalue weighted by atomic mass is 14.0. The quantitative estimate of drug-likeness (QED) is 0.381. The van der Waals surface area contributed by atoms with Crippen LogP contribution in [0.5, 0.6) is 0 Å². The zero-order valence-corrected chi connectivity index (χ0v) is 10.9. The Morgan fingerprint density at radius 2 is 1.60 bits per heavy atom. The molecule has 0 heteroatoms. The van der Waals surface area contributed by atoms with Crippen molar-refractivity contribution in [3.63, 3.8) is 0 Å². The number of hydrogen-bond donors (Lipinski definition) is 0. The molecule has 1 atom stereocenters. The zero-order chi connectivity index (χ0) is 11.4. The molecule has 0 aromatic carbocycles. The van der Waals surface area contributed by atoms with Gasteiger partial charge in [-0.3, -0.25) is 0 Å². The Labute approximate surface area is 96.8 Å². The lowest BCUT2D eigenvalue weighted by Gasteiger charge is -2.05. The van der Waals surface area contributed by atoms with E-state index in [0.29, 0.717) is 5.92 Å². The summed E-state index contributed by atoms with van der Waals surface area (Å²) >= 11 is 0. The first-order valence-electron chi connectivity index (χ1n) is 6.83. The van der Waals surface area contributed by atoms with Crippen molar-refractivity contribution in [2.45, 2.75) is 78.6 Å². The van der Waals surface area contributed by atoms with E-state index in [1.165, 1.54) is 51.4 Å². The van der Waals surface area contributed by atoms with Crippen LogP contribution >= 0.6 is 0 Å². The van der Waals surface area contributed by atoms with Gasteiger partial charge in [-0.15, -0.1) is 5.92 Å². The second kappa shape index (κ2) is 11.6. The molecule has 0 rings (SSSR count). The molecule has 0 nitrogen and oxygen atoms in total. The van der Waals surface area contributed by atoms with Crippen LogP contribution in [0.3, 0.4) is 0 Å². The summed E-state index contributed by atoms with van der Waals surface area (Å²) in [6.45, 7) is 6.76. The van der Waals surface area contributed by atoms with Gasteiger partial charge in [-0.1, -0.05) is 58.8 Å². The Bertz CT molecular complexity index is 170. The molecule has 1 unspecified atom stereocenters. The standard InChI is InChI=1S/C15H28/c1-4-7-9-10-11-12-14-15(6-3)13-8-5-2/h15H,4-11,13H2,1-3H3. The van der Waals surface area contributed by atoms with E-state index >= 15 is 0 Å². The molecular weight excluding hydrogens is 180 g/mol. The van der Waals surface area contributed by atoms with Gasteiger partial charge in [0.05, 0.1) is 0 Å². The van der Waals surface area contributed by atoms with E-state index < -0.39 is 0 Å². The lowest BCUT2D eigenvalue weighted by molar-refractivity contribution is 0.555. The lowest BCUT2D eigenvalue weighted by atomic mass is 10.00. The van der Waals surface area contributed by atoms with Crippen molar-refractivity contribution in [1.82, 2.24) is 0 Å². The number of rotatable bonds is 8. The van der Waals surface area contributed by atoms with Crippen LogP contribution in [0.15, 0.2) is 0 Å². The third-order valence-electron chi connectivity index (χ3n) is 2.86. The van der Waals surface area contributed by atoms with Crippen molar-refractivity contribution in [1.29, 1.82) is 0 Å². The van der Waals surface area contributed by atoms with Gasteiger partial charge in [-0.2, -0.15) is 0 Å². The highest BCUT2D eigenvalue weighted by molar-refractivity contribution is 5.03. The maximum Gasteiger partial charge on any atom is 0.0200 e. The predicted molar refractivity (Wildman–Crippen MR) is 69.8 cm³/mol. The van der Waals surface area contributed by atoms with Crippen molar-refractivity contribution in [2.24, 2.45) is 5.92 Å². The monoisotopic (exact) mass is 208 g/mol. The fourth-order valence-corrected chi connectivity index (χ4v) is 1.69. The Hall–Kier alpha value is -0.440. The maximum atomic E-state index is 3.43.